The Morgan fingerprint density at radius 3 is 3.09 bits per heavy atom. The van der Waals surface area contributed by atoms with E-state index in [-0.39, 0.29) is 0 Å². The summed E-state index contributed by atoms with van der Waals surface area (Å²) in [5, 5.41) is 4.70. The summed E-state index contributed by atoms with van der Waals surface area (Å²) >= 11 is 6.99. The van der Waals surface area contributed by atoms with Crippen LogP contribution in [-0.2, 0) is 17.6 Å². The van der Waals surface area contributed by atoms with Gasteiger partial charge in [0.25, 0.3) is 0 Å². The molecule has 0 aromatic carbocycles. The average Bonchev–Trinajstić information content (AvgIpc) is 2.92. The number of ether oxygens (including phenoxy) is 1. The maximum atomic E-state index is 5.21. The molecule has 0 spiro atoms. The van der Waals surface area contributed by atoms with Crippen molar-refractivity contribution in [2.24, 2.45) is 0 Å². The molecule has 3 rings (SSSR count). The van der Waals surface area contributed by atoms with Crippen LogP contribution in [0.25, 0.3) is 10.2 Å². The summed E-state index contributed by atoms with van der Waals surface area (Å²) in [6.45, 7) is 1.27. The Kier molecular flexibility index (Phi) is 5.01. The largest absolute Gasteiger partial charge is 0.383 e. The average molecular weight is 337 g/mol. The van der Waals surface area contributed by atoms with Crippen LogP contribution >= 0.6 is 23.6 Å². The number of thiocarbonyl (C=S) groups is 1. The third kappa shape index (κ3) is 3.29. The number of aryl methyl sites for hydroxylation is 2. The lowest BCUT2D eigenvalue weighted by molar-refractivity contribution is 0.204. The van der Waals surface area contributed by atoms with Crippen molar-refractivity contribution in [2.45, 2.75) is 25.7 Å². The summed E-state index contributed by atoms with van der Waals surface area (Å²) in [6, 6.07) is 0. The molecular weight excluding hydrogens is 318 g/mol. The van der Waals surface area contributed by atoms with Gasteiger partial charge in [-0.15, -0.1) is 11.3 Å². The SMILES string of the molecule is COCCNC(=S)NNc1ncnc2sc3c(c12)CCCC3. The van der Waals surface area contributed by atoms with Gasteiger partial charge in [0.15, 0.2) is 10.9 Å². The summed E-state index contributed by atoms with van der Waals surface area (Å²) in [6.07, 6.45) is 6.35. The fraction of sp³-hybridized carbons (Fsp3) is 0.500. The molecule has 2 aromatic heterocycles. The number of anilines is 1. The van der Waals surface area contributed by atoms with Gasteiger partial charge in [0.2, 0.25) is 0 Å². The Labute approximate surface area is 138 Å². The Bertz CT molecular complexity index is 673. The molecule has 0 aliphatic heterocycles. The second kappa shape index (κ2) is 7.17. The van der Waals surface area contributed by atoms with Crippen LogP contribution in [0.3, 0.4) is 0 Å². The summed E-state index contributed by atoms with van der Waals surface area (Å²) < 4.78 is 4.97. The number of nitrogens with zero attached hydrogens (tertiary/aromatic N) is 2. The topological polar surface area (TPSA) is 71.1 Å². The van der Waals surface area contributed by atoms with Gasteiger partial charge in [-0.05, 0) is 43.5 Å². The van der Waals surface area contributed by atoms with Crippen LogP contribution in [0.2, 0.25) is 0 Å². The van der Waals surface area contributed by atoms with Gasteiger partial charge < -0.3 is 10.1 Å². The second-order valence-corrected chi connectivity index (χ2v) is 6.60. The molecule has 6 nitrogen and oxygen atoms in total. The van der Waals surface area contributed by atoms with E-state index in [1.165, 1.54) is 23.3 Å². The third-order valence-corrected chi connectivity index (χ3v) is 5.08. The van der Waals surface area contributed by atoms with E-state index in [0.29, 0.717) is 18.3 Å². The van der Waals surface area contributed by atoms with Gasteiger partial charge in [0.05, 0.1) is 12.0 Å². The Balaban J connectivity index is 1.73. The highest BCUT2D eigenvalue weighted by molar-refractivity contribution is 7.80. The fourth-order valence-electron chi connectivity index (χ4n) is 2.61. The standard InChI is InChI=1S/C14H19N5OS2/c1-20-7-6-15-14(21)19-18-12-11-9-4-2-3-5-10(9)22-13(11)17-8-16-12/h8H,2-7H2,1H3,(H2,15,19,21)(H,16,17,18). The van der Waals surface area contributed by atoms with Crippen molar-refractivity contribution < 1.29 is 4.74 Å². The quantitative estimate of drug-likeness (QED) is 0.438. The van der Waals surface area contributed by atoms with Gasteiger partial charge in [-0.1, -0.05) is 0 Å². The number of aromatic nitrogens is 2. The molecule has 0 radical (unpaired) electrons. The van der Waals surface area contributed by atoms with Crippen molar-refractivity contribution in [3.8, 4) is 0 Å². The van der Waals surface area contributed by atoms with Gasteiger partial charge >= 0.3 is 0 Å². The Hall–Kier alpha value is -1.51. The highest BCUT2D eigenvalue weighted by Gasteiger charge is 2.19. The van der Waals surface area contributed by atoms with Crippen LogP contribution in [-0.4, -0.2) is 35.3 Å². The van der Waals surface area contributed by atoms with E-state index < -0.39 is 0 Å². The van der Waals surface area contributed by atoms with Crippen LogP contribution in [0.15, 0.2) is 6.33 Å². The van der Waals surface area contributed by atoms with E-state index in [2.05, 4.69) is 26.1 Å². The monoisotopic (exact) mass is 337 g/mol. The molecule has 3 N–H and O–H groups in total. The molecule has 0 bridgehead atoms. The molecule has 2 aromatic rings. The fourth-order valence-corrected chi connectivity index (χ4v) is 3.99. The molecule has 0 atom stereocenters. The molecular formula is C14H19N5OS2. The molecule has 22 heavy (non-hydrogen) atoms. The van der Waals surface area contributed by atoms with Crippen molar-refractivity contribution >= 4 is 44.7 Å². The van der Waals surface area contributed by atoms with Gasteiger partial charge in [0.1, 0.15) is 11.2 Å². The lowest BCUT2D eigenvalue weighted by Crippen LogP contribution is -2.40. The zero-order valence-electron chi connectivity index (χ0n) is 12.4. The number of fused-ring (bicyclic) bond motifs is 3. The van der Waals surface area contributed by atoms with Crippen LogP contribution in [0, 0.1) is 0 Å². The Morgan fingerprint density at radius 2 is 2.23 bits per heavy atom. The van der Waals surface area contributed by atoms with E-state index in [4.69, 9.17) is 17.0 Å². The van der Waals surface area contributed by atoms with Crippen molar-refractivity contribution in [3.63, 3.8) is 0 Å². The number of hydrogen-bond donors (Lipinski definition) is 3. The van der Waals surface area contributed by atoms with Crippen LogP contribution in [0.5, 0.6) is 0 Å². The maximum absolute atomic E-state index is 5.21. The van der Waals surface area contributed by atoms with Crippen molar-refractivity contribution in [3.05, 3.63) is 16.8 Å². The lowest BCUT2D eigenvalue weighted by atomic mass is 9.97. The molecule has 0 fully saturated rings. The summed E-state index contributed by atoms with van der Waals surface area (Å²) in [7, 11) is 1.66. The Morgan fingerprint density at radius 1 is 1.36 bits per heavy atom. The molecule has 2 heterocycles. The first-order chi connectivity index (χ1) is 10.8. The molecule has 0 saturated carbocycles. The van der Waals surface area contributed by atoms with Crippen molar-refractivity contribution in [2.75, 3.05) is 25.7 Å². The second-order valence-electron chi connectivity index (χ2n) is 5.11. The van der Waals surface area contributed by atoms with E-state index >= 15 is 0 Å². The van der Waals surface area contributed by atoms with E-state index in [1.807, 2.05) is 0 Å². The van der Waals surface area contributed by atoms with E-state index in [9.17, 15) is 0 Å². The lowest BCUT2D eigenvalue weighted by Gasteiger charge is -2.14. The van der Waals surface area contributed by atoms with Gasteiger partial charge in [-0.3, -0.25) is 10.9 Å². The number of methoxy groups -OCH3 is 1. The molecule has 1 aliphatic carbocycles. The summed E-state index contributed by atoms with van der Waals surface area (Å²) in [4.78, 5) is 11.3. The third-order valence-electron chi connectivity index (χ3n) is 3.64. The van der Waals surface area contributed by atoms with Crippen LogP contribution in [0.1, 0.15) is 23.3 Å². The number of nitrogens with one attached hydrogen (secondary N) is 3. The van der Waals surface area contributed by atoms with Crippen molar-refractivity contribution in [1.82, 2.24) is 20.7 Å². The number of rotatable bonds is 5. The summed E-state index contributed by atoms with van der Waals surface area (Å²) in [5.41, 5.74) is 7.48. The predicted octanol–water partition coefficient (Wildman–Crippen LogP) is 2.01. The highest BCUT2D eigenvalue weighted by atomic mass is 32.1. The first-order valence-corrected chi connectivity index (χ1v) is 8.56. The molecule has 0 amide bonds. The van der Waals surface area contributed by atoms with Gasteiger partial charge in [-0.25, -0.2) is 9.97 Å². The van der Waals surface area contributed by atoms with Gasteiger partial charge in [-0.2, -0.15) is 0 Å². The number of hydrazine groups is 1. The first-order valence-electron chi connectivity index (χ1n) is 7.33. The maximum Gasteiger partial charge on any atom is 0.185 e. The van der Waals surface area contributed by atoms with E-state index in [1.54, 1.807) is 24.8 Å². The van der Waals surface area contributed by atoms with Gasteiger partial charge in [0, 0.05) is 18.5 Å². The predicted molar refractivity (Wildman–Crippen MR) is 93.3 cm³/mol. The van der Waals surface area contributed by atoms with Crippen LogP contribution < -0.4 is 16.2 Å². The minimum absolute atomic E-state index is 0.521. The van der Waals surface area contributed by atoms with Crippen LogP contribution in [0.4, 0.5) is 5.82 Å². The van der Waals surface area contributed by atoms with E-state index in [0.717, 1.165) is 28.9 Å². The normalized spacial score (nSPS) is 13.7. The smallest absolute Gasteiger partial charge is 0.185 e. The molecule has 118 valence electrons. The zero-order chi connectivity index (χ0) is 15.4. The molecule has 8 heteroatoms. The molecule has 0 saturated heterocycles. The number of thiophene rings is 1. The molecule has 0 unspecified atom stereocenters. The first kappa shape index (κ1) is 15.4. The zero-order valence-corrected chi connectivity index (χ0v) is 14.1. The number of hydrogen-bond acceptors (Lipinski definition) is 6. The minimum atomic E-state index is 0.521. The highest BCUT2D eigenvalue weighted by Crippen LogP contribution is 2.37. The molecule has 1 aliphatic rings. The summed E-state index contributed by atoms with van der Waals surface area (Å²) in [5.74, 6) is 0.792. The minimum Gasteiger partial charge on any atom is -0.383 e. The van der Waals surface area contributed by atoms with Crippen molar-refractivity contribution in [1.29, 1.82) is 0 Å².